The summed E-state index contributed by atoms with van der Waals surface area (Å²) < 4.78 is 1.86. The van der Waals surface area contributed by atoms with Gasteiger partial charge in [-0.2, -0.15) is 5.10 Å². The van der Waals surface area contributed by atoms with Gasteiger partial charge in [0.15, 0.2) is 0 Å². The van der Waals surface area contributed by atoms with Crippen LogP contribution in [0.15, 0.2) is 12.4 Å². The number of aromatic nitrogens is 2. The molecule has 16 heavy (non-hydrogen) atoms. The van der Waals surface area contributed by atoms with E-state index < -0.39 is 0 Å². The van der Waals surface area contributed by atoms with E-state index in [0.29, 0.717) is 5.41 Å². The molecule has 0 aliphatic heterocycles. The summed E-state index contributed by atoms with van der Waals surface area (Å²) >= 11 is 0. The highest BCUT2D eigenvalue weighted by Gasteiger charge is 2.08. The van der Waals surface area contributed by atoms with E-state index in [4.69, 9.17) is 0 Å². The summed E-state index contributed by atoms with van der Waals surface area (Å²) in [5.41, 5.74) is 1.71. The Hall–Kier alpha value is -0.540. The summed E-state index contributed by atoms with van der Waals surface area (Å²) in [4.78, 5) is 0. The molecule has 0 aliphatic carbocycles. The molecule has 1 heterocycles. The molecule has 1 aromatic rings. The van der Waals surface area contributed by atoms with E-state index in [0.717, 1.165) is 19.5 Å². The van der Waals surface area contributed by atoms with Crippen LogP contribution in [-0.4, -0.2) is 22.9 Å². The van der Waals surface area contributed by atoms with Gasteiger partial charge in [0, 0.05) is 13.2 Å². The normalized spacial score (nSPS) is 11.2. The second-order valence-corrected chi connectivity index (χ2v) is 5.36. The Morgan fingerprint density at radius 1 is 1.38 bits per heavy atom. The second-order valence-electron chi connectivity index (χ2n) is 5.36. The SMILES string of the molecule is Cl.Cn1cc(CCCNCC(C)(C)C)cn1. The summed E-state index contributed by atoms with van der Waals surface area (Å²) in [5.74, 6) is 0. The summed E-state index contributed by atoms with van der Waals surface area (Å²) in [5, 5.41) is 7.63. The van der Waals surface area contributed by atoms with Crippen LogP contribution in [0.2, 0.25) is 0 Å². The van der Waals surface area contributed by atoms with E-state index in [1.807, 2.05) is 17.9 Å². The minimum absolute atomic E-state index is 0. The molecule has 4 heteroatoms. The highest BCUT2D eigenvalue weighted by Crippen LogP contribution is 2.10. The molecular formula is C12H24ClN3. The van der Waals surface area contributed by atoms with Crippen molar-refractivity contribution in [3.8, 4) is 0 Å². The summed E-state index contributed by atoms with van der Waals surface area (Å²) in [6.45, 7) is 8.93. The van der Waals surface area contributed by atoms with E-state index in [9.17, 15) is 0 Å². The molecular weight excluding hydrogens is 222 g/mol. The van der Waals surface area contributed by atoms with Gasteiger partial charge in [0.25, 0.3) is 0 Å². The monoisotopic (exact) mass is 245 g/mol. The van der Waals surface area contributed by atoms with E-state index >= 15 is 0 Å². The molecule has 0 spiro atoms. The standard InChI is InChI=1S/C12H23N3.ClH/c1-12(2,3)10-13-7-5-6-11-8-14-15(4)9-11;/h8-9,13H,5-7,10H2,1-4H3;1H. The van der Waals surface area contributed by atoms with Crippen molar-refractivity contribution in [1.29, 1.82) is 0 Å². The lowest BCUT2D eigenvalue weighted by atomic mass is 9.97. The van der Waals surface area contributed by atoms with Crippen molar-refractivity contribution in [2.24, 2.45) is 12.5 Å². The minimum Gasteiger partial charge on any atom is -0.316 e. The van der Waals surface area contributed by atoms with Gasteiger partial charge in [0.1, 0.15) is 0 Å². The maximum absolute atomic E-state index is 4.15. The number of aryl methyl sites for hydroxylation is 2. The number of nitrogens with zero attached hydrogens (tertiary/aromatic N) is 2. The van der Waals surface area contributed by atoms with Crippen molar-refractivity contribution >= 4 is 12.4 Å². The number of rotatable bonds is 5. The van der Waals surface area contributed by atoms with Crippen LogP contribution in [0.3, 0.4) is 0 Å². The van der Waals surface area contributed by atoms with Gasteiger partial charge in [-0.3, -0.25) is 4.68 Å². The molecule has 0 aliphatic rings. The van der Waals surface area contributed by atoms with E-state index in [-0.39, 0.29) is 12.4 Å². The van der Waals surface area contributed by atoms with Crippen molar-refractivity contribution in [1.82, 2.24) is 15.1 Å². The van der Waals surface area contributed by atoms with Gasteiger partial charge in [-0.15, -0.1) is 12.4 Å². The van der Waals surface area contributed by atoms with Gasteiger partial charge in [-0.1, -0.05) is 20.8 Å². The van der Waals surface area contributed by atoms with E-state index in [1.165, 1.54) is 12.0 Å². The molecule has 0 unspecified atom stereocenters. The van der Waals surface area contributed by atoms with Crippen LogP contribution in [-0.2, 0) is 13.5 Å². The van der Waals surface area contributed by atoms with Crippen LogP contribution in [0.5, 0.6) is 0 Å². The number of hydrogen-bond donors (Lipinski definition) is 1. The lowest BCUT2D eigenvalue weighted by molar-refractivity contribution is 0.379. The van der Waals surface area contributed by atoms with Crippen molar-refractivity contribution in [2.75, 3.05) is 13.1 Å². The smallest absolute Gasteiger partial charge is 0.0521 e. The molecule has 0 atom stereocenters. The van der Waals surface area contributed by atoms with Crippen molar-refractivity contribution in [3.63, 3.8) is 0 Å². The van der Waals surface area contributed by atoms with Gasteiger partial charge < -0.3 is 5.32 Å². The minimum atomic E-state index is 0. The van der Waals surface area contributed by atoms with Crippen LogP contribution in [0.4, 0.5) is 0 Å². The lowest BCUT2D eigenvalue weighted by Gasteiger charge is -2.18. The largest absolute Gasteiger partial charge is 0.316 e. The highest BCUT2D eigenvalue weighted by atomic mass is 35.5. The quantitative estimate of drug-likeness (QED) is 0.808. The molecule has 1 rings (SSSR count). The first-order valence-electron chi connectivity index (χ1n) is 5.66. The van der Waals surface area contributed by atoms with Gasteiger partial charge in [0.2, 0.25) is 0 Å². The summed E-state index contributed by atoms with van der Waals surface area (Å²) in [7, 11) is 1.96. The Kier molecular flexibility index (Phi) is 6.68. The van der Waals surface area contributed by atoms with Crippen molar-refractivity contribution in [3.05, 3.63) is 18.0 Å². The molecule has 0 saturated carbocycles. The highest BCUT2D eigenvalue weighted by molar-refractivity contribution is 5.85. The molecule has 1 N–H and O–H groups in total. The fourth-order valence-corrected chi connectivity index (χ4v) is 1.48. The zero-order chi connectivity index (χ0) is 11.3. The summed E-state index contributed by atoms with van der Waals surface area (Å²) in [6, 6.07) is 0. The average Bonchev–Trinajstić information content (AvgIpc) is 2.49. The Morgan fingerprint density at radius 3 is 2.56 bits per heavy atom. The lowest BCUT2D eigenvalue weighted by Crippen LogP contribution is -2.27. The number of hydrogen-bond acceptors (Lipinski definition) is 2. The Morgan fingerprint density at radius 2 is 2.06 bits per heavy atom. The molecule has 0 fully saturated rings. The molecule has 0 bridgehead atoms. The molecule has 0 radical (unpaired) electrons. The van der Waals surface area contributed by atoms with Crippen LogP contribution >= 0.6 is 12.4 Å². The molecule has 0 amide bonds. The number of halogens is 1. The first-order valence-corrected chi connectivity index (χ1v) is 5.66. The van der Waals surface area contributed by atoms with Crippen LogP contribution in [0.1, 0.15) is 32.8 Å². The Bertz CT molecular complexity index is 289. The van der Waals surface area contributed by atoms with Crippen molar-refractivity contribution in [2.45, 2.75) is 33.6 Å². The van der Waals surface area contributed by atoms with Gasteiger partial charge >= 0.3 is 0 Å². The van der Waals surface area contributed by atoms with Crippen molar-refractivity contribution < 1.29 is 0 Å². The fourth-order valence-electron chi connectivity index (χ4n) is 1.48. The fraction of sp³-hybridized carbons (Fsp3) is 0.750. The molecule has 1 aromatic heterocycles. The zero-order valence-corrected chi connectivity index (χ0v) is 11.6. The zero-order valence-electron chi connectivity index (χ0n) is 10.8. The maximum Gasteiger partial charge on any atom is 0.0521 e. The average molecular weight is 246 g/mol. The Labute approximate surface area is 105 Å². The topological polar surface area (TPSA) is 29.9 Å². The predicted octanol–water partition coefficient (Wildman–Crippen LogP) is 2.41. The van der Waals surface area contributed by atoms with Crippen LogP contribution < -0.4 is 5.32 Å². The van der Waals surface area contributed by atoms with Crippen LogP contribution in [0, 0.1) is 5.41 Å². The maximum atomic E-state index is 4.15. The molecule has 94 valence electrons. The molecule has 0 saturated heterocycles. The third-order valence-corrected chi connectivity index (χ3v) is 2.23. The summed E-state index contributed by atoms with van der Waals surface area (Å²) in [6.07, 6.45) is 6.33. The van der Waals surface area contributed by atoms with Gasteiger partial charge in [-0.25, -0.2) is 0 Å². The van der Waals surface area contributed by atoms with Gasteiger partial charge in [0.05, 0.1) is 6.20 Å². The Balaban J connectivity index is 0.00000225. The third kappa shape index (κ3) is 6.85. The third-order valence-electron chi connectivity index (χ3n) is 2.23. The van der Waals surface area contributed by atoms with E-state index in [1.54, 1.807) is 0 Å². The predicted molar refractivity (Wildman–Crippen MR) is 71.1 cm³/mol. The van der Waals surface area contributed by atoms with Gasteiger partial charge in [-0.05, 0) is 36.9 Å². The first kappa shape index (κ1) is 15.5. The van der Waals surface area contributed by atoms with E-state index in [2.05, 4.69) is 37.4 Å². The molecule has 3 nitrogen and oxygen atoms in total. The first-order chi connectivity index (χ1) is 6.97. The molecule has 0 aromatic carbocycles. The number of nitrogens with one attached hydrogen (secondary N) is 1. The second kappa shape index (κ2) is 6.92. The van der Waals surface area contributed by atoms with Crippen LogP contribution in [0.25, 0.3) is 0 Å².